The first kappa shape index (κ1) is 15.8. The van der Waals surface area contributed by atoms with Crippen molar-refractivity contribution in [2.75, 3.05) is 17.6 Å². The van der Waals surface area contributed by atoms with Crippen LogP contribution in [0.5, 0.6) is 0 Å². The average molecular weight is 325 g/mol. The number of carboxylic acids is 1. The van der Waals surface area contributed by atoms with Crippen LogP contribution in [0.25, 0.3) is 5.65 Å². The predicted octanol–water partition coefficient (Wildman–Crippen LogP) is 2.40. The number of benzene rings is 1. The Hall–Kier alpha value is -3.09. The molecule has 7 nitrogen and oxygen atoms in total. The van der Waals surface area contributed by atoms with Crippen LogP contribution in [-0.2, 0) is 5.41 Å². The second kappa shape index (κ2) is 5.84. The van der Waals surface area contributed by atoms with Crippen LogP contribution >= 0.6 is 0 Å². The summed E-state index contributed by atoms with van der Waals surface area (Å²) in [5, 5.41) is 16.5. The van der Waals surface area contributed by atoms with Crippen LogP contribution in [0.15, 0.2) is 42.5 Å². The number of aromatic nitrogens is 3. The highest BCUT2D eigenvalue weighted by atomic mass is 16.4. The second-order valence-corrected chi connectivity index (χ2v) is 6.25. The minimum atomic E-state index is -1.08. The highest BCUT2D eigenvalue weighted by Crippen LogP contribution is 2.25. The number of nitrogen functional groups attached to an aromatic ring is 1. The quantitative estimate of drug-likeness (QED) is 0.665. The minimum Gasteiger partial charge on any atom is -0.477 e. The van der Waals surface area contributed by atoms with Crippen molar-refractivity contribution < 1.29 is 9.90 Å². The molecular weight excluding hydrogens is 306 g/mol. The van der Waals surface area contributed by atoms with E-state index in [0.29, 0.717) is 17.9 Å². The third-order valence-corrected chi connectivity index (χ3v) is 4.00. The number of aromatic carboxylic acids is 1. The maximum absolute atomic E-state index is 11.3. The Morgan fingerprint density at radius 3 is 2.62 bits per heavy atom. The number of nitrogens with zero attached hydrogens (tertiary/aromatic N) is 3. The minimum absolute atomic E-state index is 0.0158. The number of rotatable bonds is 5. The van der Waals surface area contributed by atoms with Crippen LogP contribution in [0.3, 0.4) is 0 Å². The molecule has 7 heteroatoms. The van der Waals surface area contributed by atoms with E-state index in [1.165, 1.54) is 16.1 Å². The summed E-state index contributed by atoms with van der Waals surface area (Å²) < 4.78 is 1.25. The summed E-state index contributed by atoms with van der Waals surface area (Å²) in [5.74, 6) is -1.05. The van der Waals surface area contributed by atoms with Gasteiger partial charge in [-0.15, -0.1) is 5.10 Å². The molecule has 4 N–H and O–H groups in total. The molecule has 0 radical (unpaired) electrons. The van der Waals surface area contributed by atoms with Crippen LogP contribution in [0.1, 0.15) is 29.9 Å². The number of nitrogens with two attached hydrogens (primary N) is 1. The maximum Gasteiger partial charge on any atom is 0.354 e. The molecule has 24 heavy (non-hydrogen) atoms. The number of hydrogen-bond donors (Lipinski definition) is 3. The number of carboxylic acid groups (broad SMARTS) is 1. The molecule has 1 aromatic carbocycles. The Bertz CT molecular complexity index is 887. The number of anilines is 2. The lowest BCUT2D eigenvalue weighted by atomic mass is 9.84. The molecular formula is C17H19N5O2. The molecule has 2 heterocycles. The summed E-state index contributed by atoms with van der Waals surface area (Å²) in [4.78, 5) is 15.4. The summed E-state index contributed by atoms with van der Waals surface area (Å²) in [6.07, 6.45) is 0. The van der Waals surface area contributed by atoms with E-state index in [1.54, 1.807) is 6.07 Å². The Balaban J connectivity index is 1.91. The molecule has 0 aliphatic rings. The van der Waals surface area contributed by atoms with Crippen LogP contribution in [0.2, 0.25) is 0 Å². The van der Waals surface area contributed by atoms with Crippen LogP contribution in [0, 0.1) is 0 Å². The fraction of sp³-hybridized carbons (Fsp3) is 0.235. The zero-order valence-corrected chi connectivity index (χ0v) is 13.5. The Morgan fingerprint density at radius 1 is 1.25 bits per heavy atom. The van der Waals surface area contributed by atoms with Gasteiger partial charge in [-0.05, 0) is 17.7 Å². The zero-order valence-electron chi connectivity index (χ0n) is 13.5. The molecule has 2 aromatic heterocycles. The summed E-state index contributed by atoms with van der Waals surface area (Å²) in [7, 11) is 0. The van der Waals surface area contributed by atoms with Gasteiger partial charge in [-0.3, -0.25) is 0 Å². The summed E-state index contributed by atoms with van der Waals surface area (Å²) in [5.41, 5.74) is 7.83. The number of pyridine rings is 1. The van der Waals surface area contributed by atoms with E-state index in [9.17, 15) is 9.90 Å². The first-order chi connectivity index (χ1) is 11.4. The first-order valence-electron chi connectivity index (χ1n) is 7.56. The summed E-state index contributed by atoms with van der Waals surface area (Å²) in [6, 6.07) is 13.3. The molecule has 0 saturated heterocycles. The first-order valence-corrected chi connectivity index (χ1v) is 7.56. The summed E-state index contributed by atoms with van der Waals surface area (Å²) in [6.45, 7) is 4.92. The van der Waals surface area contributed by atoms with E-state index < -0.39 is 5.97 Å². The molecule has 3 aromatic rings. The smallest absolute Gasteiger partial charge is 0.354 e. The number of carbonyl (C=O) groups is 1. The van der Waals surface area contributed by atoms with Gasteiger partial charge in [-0.2, -0.15) is 4.98 Å². The molecule has 0 saturated carbocycles. The monoisotopic (exact) mass is 325 g/mol. The van der Waals surface area contributed by atoms with Crippen molar-refractivity contribution in [1.29, 1.82) is 0 Å². The number of fused-ring (bicyclic) bond motifs is 1. The predicted molar refractivity (Wildman–Crippen MR) is 92.3 cm³/mol. The lowest BCUT2D eigenvalue weighted by Crippen LogP contribution is -2.27. The highest BCUT2D eigenvalue weighted by Gasteiger charge is 2.21. The Kier molecular flexibility index (Phi) is 3.84. The average Bonchev–Trinajstić information content (AvgIpc) is 2.94. The van der Waals surface area contributed by atoms with Gasteiger partial charge in [0, 0.05) is 12.0 Å². The zero-order chi connectivity index (χ0) is 17.3. The maximum atomic E-state index is 11.3. The van der Waals surface area contributed by atoms with Crippen molar-refractivity contribution in [2.45, 2.75) is 19.3 Å². The van der Waals surface area contributed by atoms with E-state index >= 15 is 0 Å². The molecule has 0 bridgehead atoms. The fourth-order valence-electron chi connectivity index (χ4n) is 2.59. The van der Waals surface area contributed by atoms with Gasteiger partial charge in [0.1, 0.15) is 0 Å². The third kappa shape index (κ3) is 2.88. The van der Waals surface area contributed by atoms with Gasteiger partial charge in [0.15, 0.2) is 11.3 Å². The van der Waals surface area contributed by atoms with Gasteiger partial charge in [-0.1, -0.05) is 44.2 Å². The topological polar surface area (TPSA) is 106 Å². The SMILES string of the molecule is CC(C)(CNc1ccc(C(=O)O)n2nc(N)nc12)c1ccccc1. The normalized spacial score (nSPS) is 11.6. The summed E-state index contributed by atoms with van der Waals surface area (Å²) >= 11 is 0. The van der Waals surface area contributed by atoms with Crippen LogP contribution < -0.4 is 11.1 Å². The third-order valence-electron chi connectivity index (χ3n) is 4.00. The highest BCUT2D eigenvalue weighted by molar-refractivity contribution is 5.88. The molecule has 0 aliphatic carbocycles. The van der Waals surface area contributed by atoms with Gasteiger partial charge in [0.2, 0.25) is 5.95 Å². The van der Waals surface area contributed by atoms with Gasteiger partial charge >= 0.3 is 5.97 Å². The van der Waals surface area contributed by atoms with Gasteiger partial charge in [0.05, 0.1) is 5.69 Å². The lowest BCUT2D eigenvalue weighted by Gasteiger charge is -2.26. The second-order valence-electron chi connectivity index (χ2n) is 6.25. The van der Waals surface area contributed by atoms with E-state index in [0.717, 1.165) is 0 Å². The Morgan fingerprint density at radius 2 is 1.96 bits per heavy atom. The standard InChI is InChI=1S/C17H19N5O2/c1-17(2,11-6-4-3-5-7-11)10-19-12-8-9-13(15(23)24)22-14(12)20-16(18)21-22/h3-9,19H,10H2,1-2H3,(H2,18,21)(H,23,24). The van der Waals surface area contributed by atoms with Crippen molar-refractivity contribution in [2.24, 2.45) is 0 Å². The number of hydrogen-bond acceptors (Lipinski definition) is 5. The van der Waals surface area contributed by atoms with Gasteiger partial charge < -0.3 is 16.2 Å². The van der Waals surface area contributed by atoms with Gasteiger partial charge in [-0.25, -0.2) is 9.31 Å². The van der Waals surface area contributed by atoms with Crippen LogP contribution in [0.4, 0.5) is 11.6 Å². The van der Waals surface area contributed by atoms with E-state index in [2.05, 4.69) is 41.4 Å². The lowest BCUT2D eigenvalue weighted by molar-refractivity contribution is 0.0687. The van der Waals surface area contributed by atoms with Crippen molar-refractivity contribution in [1.82, 2.24) is 14.6 Å². The largest absolute Gasteiger partial charge is 0.477 e. The molecule has 0 amide bonds. The fourth-order valence-corrected chi connectivity index (χ4v) is 2.59. The van der Waals surface area contributed by atoms with Crippen molar-refractivity contribution in [3.8, 4) is 0 Å². The van der Waals surface area contributed by atoms with Crippen molar-refractivity contribution >= 4 is 23.3 Å². The molecule has 0 unspecified atom stereocenters. The van der Waals surface area contributed by atoms with Crippen molar-refractivity contribution in [3.63, 3.8) is 0 Å². The molecule has 0 spiro atoms. The van der Waals surface area contributed by atoms with E-state index in [-0.39, 0.29) is 17.1 Å². The molecule has 124 valence electrons. The molecule has 0 aliphatic heterocycles. The van der Waals surface area contributed by atoms with E-state index in [4.69, 9.17) is 5.73 Å². The van der Waals surface area contributed by atoms with Crippen LogP contribution in [-0.4, -0.2) is 32.2 Å². The molecule has 0 atom stereocenters. The Labute approximate surface area is 139 Å². The van der Waals surface area contributed by atoms with Gasteiger partial charge in [0.25, 0.3) is 0 Å². The molecule has 3 rings (SSSR count). The molecule has 0 fully saturated rings. The number of nitrogens with one attached hydrogen (secondary N) is 1. The van der Waals surface area contributed by atoms with E-state index in [1.807, 2.05) is 18.2 Å². The van der Waals surface area contributed by atoms with Crippen molar-refractivity contribution in [3.05, 3.63) is 53.7 Å².